The monoisotopic (exact) mass is 245 g/mol. The summed E-state index contributed by atoms with van der Waals surface area (Å²) in [6.45, 7) is 4.24. The highest BCUT2D eigenvalue weighted by atomic mass is 16.5. The highest BCUT2D eigenvalue weighted by Gasteiger charge is 2.14. The van der Waals surface area contributed by atoms with E-state index >= 15 is 0 Å². The average Bonchev–Trinajstić information content (AvgIpc) is 2.92. The van der Waals surface area contributed by atoms with Gasteiger partial charge in [0.25, 0.3) is 0 Å². The number of para-hydroxylation sites is 1. The third-order valence-electron chi connectivity index (χ3n) is 3.09. The Balaban J connectivity index is 2.09. The maximum atomic E-state index is 5.38. The first kappa shape index (κ1) is 12.6. The number of H-pyrrole nitrogens is 1. The smallest absolute Gasteiger partial charge is 0.123 e. The van der Waals surface area contributed by atoms with Gasteiger partial charge in [-0.3, -0.25) is 5.10 Å². The second-order valence-corrected chi connectivity index (χ2v) is 4.36. The van der Waals surface area contributed by atoms with Crippen molar-refractivity contribution in [2.24, 2.45) is 0 Å². The predicted molar refractivity (Wildman–Crippen MR) is 71.5 cm³/mol. The van der Waals surface area contributed by atoms with Crippen LogP contribution >= 0.6 is 0 Å². The minimum Gasteiger partial charge on any atom is -0.496 e. The molecule has 1 aromatic heterocycles. The summed E-state index contributed by atoms with van der Waals surface area (Å²) in [7, 11) is 1.70. The molecule has 0 amide bonds. The molecule has 2 aromatic rings. The van der Waals surface area contributed by atoms with E-state index < -0.39 is 0 Å². The summed E-state index contributed by atoms with van der Waals surface area (Å²) in [5, 5.41) is 10.5. The number of ether oxygens (including phenoxy) is 1. The molecule has 96 valence electrons. The number of nitrogens with one attached hydrogen (secondary N) is 2. The third kappa shape index (κ3) is 2.71. The SMILES string of the molecule is COc1ccccc1[C@H](C)NC(C)c1ccn[nH]1. The fourth-order valence-electron chi connectivity index (χ4n) is 2.09. The first-order valence-corrected chi connectivity index (χ1v) is 6.10. The topological polar surface area (TPSA) is 49.9 Å². The molecule has 0 aliphatic heterocycles. The van der Waals surface area contributed by atoms with E-state index in [9.17, 15) is 0 Å². The number of aromatic amines is 1. The Morgan fingerprint density at radius 1 is 1.17 bits per heavy atom. The van der Waals surface area contributed by atoms with Crippen molar-refractivity contribution in [3.05, 3.63) is 47.8 Å². The minimum atomic E-state index is 0.208. The Morgan fingerprint density at radius 3 is 2.61 bits per heavy atom. The molecule has 0 saturated carbocycles. The molecule has 4 nitrogen and oxygen atoms in total. The van der Waals surface area contributed by atoms with Crippen molar-refractivity contribution in [2.45, 2.75) is 25.9 Å². The van der Waals surface area contributed by atoms with E-state index in [0.717, 1.165) is 17.0 Å². The number of hydrogen-bond acceptors (Lipinski definition) is 3. The summed E-state index contributed by atoms with van der Waals surface area (Å²) < 4.78 is 5.38. The summed E-state index contributed by atoms with van der Waals surface area (Å²) in [4.78, 5) is 0. The van der Waals surface area contributed by atoms with E-state index in [1.165, 1.54) is 0 Å². The second kappa shape index (κ2) is 5.69. The number of aromatic nitrogens is 2. The molecule has 4 heteroatoms. The van der Waals surface area contributed by atoms with Gasteiger partial charge < -0.3 is 10.1 Å². The van der Waals surface area contributed by atoms with Crippen molar-refractivity contribution in [2.75, 3.05) is 7.11 Å². The number of hydrogen-bond donors (Lipinski definition) is 2. The van der Waals surface area contributed by atoms with Crippen LogP contribution in [0.2, 0.25) is 0 Å². The van der Waals surface area contributed by atoms with E-state index in [0.29, 0.717) is 0 Å². The Labute approximate surface area is 107 Å². The standard InChI is InChI=1S/C14H19N3O/c1-10(12-6-4-5-7-14(12)18-3)16-11(2)13-8-9-15-17-13/h4-11,16H,1-3H3,(H,15,17)/t10-,11?/m0/s1. The Kier molecular flexibility index (Phi) is 3.99. The van der Waals surface area contributed by atoms with E-state index in [1.54, 1.807) is 13.3 Å². The maximum absolute atomic E-state index is 5.38. The summed E-state index contributed by atoms with van der Waals surface area (Å²) in [6.07, 6.45) is 1.77. The van der Waals surface area contributed by atoms with Gasteiger partial charge in [0.05, 0.1) is 12.8 Å². The summed E-state index contributed by atoms with van der Waals surface area (Å²) in [6, 6.07) is 10.5. The summed E-state index contributed by atoms with van der Waals surface area (Å²) in [5.41, 5.74) is 2.24. The molecule has 1 heterocycles. The molecule has 0 saturated heterocycles. The molecule has 2 N–H and O–H groups in total. The first-order chi connectivity index (χ1) is 8.72. The molecule has 2 rings (SSSR count). The van der Waals surface area contributed by atoms with Crippen LogP contribution in [0.5, 0.6) is 5.75 Å². The van der Waals surface area contributed by atoms with Crippen molar-refractivity contribution in [3.63, 3.8) is 0 Å². The van der Waals surface area contributed by atoms with Crippen LogP contribution < -0.4 is 10.1 Å². The lowest BCUT2D eigenvalue weighted by Crippen LogP contribution is -2.23. The van der Waals surface area contributed by atoms with Crippen LogP contribution in [0.3, 0.4) is 0 Å². The fraction of sp³-hybridized carbons (Fsp3) is 0.357. The lowest BCUT2D eigenvalue weighted by Gasteiger charge is -2.21. The molecular weight excluding hydrogens is 226 g/mol. The van der Waals surface area contributed by atoms with Gasteiger partial charge >= 0.3 is 0 Å². The average molecular weight is 245 g/mol. The summed E-state index contributed by atoms with van der Waals surface area (Å²) in [5.74, 6) is 0.911. The highest BCUT2D eigenvalue weighted by molar-refractivity contribution is 5.35. The van der Waals surface area contributed by atoms with Gasteiger partial charge in [-0.1, -0.05) is 18.2 Å². The van der Waals surface area contributed by atoms with Crippen LogP contribution in [0.1, 0.15) is 37.2 Å². The van der Waals surface area contributed by atoms with Gasteiger partial charge in [-0.15, -0.1) is 0 Å². The molecule has 0 fully saturated rings. The van der Waals surface area contributed by atoms with E-state index in [2.05, 4.69) is 35.4 Å². The predicted octanol–water partition coefficient (Wildman–Crippen LogP) is 2.83. The molecule has 0 aliphatic rings. The van der Waals surface area contributed by atoms with Crippen molar-refractivity contribution in [3.8, 4) is 5.75 Å². The van der Waals surface area contributed by atoms with Gasteiger partial charge in [0, 0.05) is 23.8 Å². The van der Waals surface area contributed by atoms with Crippen molar-refractivity contribution >= 4 is 0 Å². The molecule has 1 unspecified atom stereocenters. The molecule has 0 aliphatic carbocycles. The van der Waals surface area contributed by atoms with Gasteiger partial charge in [-0.25, -0.2) is 0 Å². The zero-order valence-electron chi connectivity index (χ0n) is 11.0. The summed E-state index contributed by atoms with van der Waals surface area (Å²) >= 11 is 0. The van der Waals surface area contributed by atoms with Crippen LogP contribution in [0.15, 0.2) is 36.5 Å². The second-order valence-electron chi connectivity index (χ2n) is 4.36. The van der Waals surface area contributed by atoms with Crippen molar-refractivity contribution in [1.29, 1.82) is 0 Å². The number of benzene rings is 1. The highest BCUT2D eigenvalue weighted by Crippen LogP contribution is 2.26. The van der Waals surface area contributed by atoms with Crippen molar-refractivity contribution < 1.29 is 4.74 Å². The third-order valence-corrected chi connectivity index (χ3v) is 3.09. The zero-order valence-corrected chi connectivity index (χ0v) is 11.0. The number of rotatable bonds is 5. The first-order valence-electron chi connectivity index (χ1n) is 6.10. The van der Waals surface area contributed by atoms with Gasteiger partial charge in [-0.05, 0) is 26.0 Å². The quantitative estimate of drug-likeness (QED) is 0.851. The fourth-order valence-corrected chi connectivity index (χ4v) is 2.09. The molecule has 18 heavy (non-hydrogen) atoms. The Morgan fingerprint density at radius 2 is 1.94 bits per heavy atom. The lowest BCUT2D eigenvalue weighted by atomic mass is 10.1. The Bertz CT molecular complexity index is 482. The van der Waals surface area contributed by atoms with Crippen LogP contribution in [0.4, 0.5) is 0 Å². The van der Waals surface area contributed by atoms with Crippen LogP contribution in [-0.4, -0.2) is 17.3 Å². The van der Waals surface area contributed by atoms with Gasteiger partial charge in [0.1, 0.15) is 5.75 Å². The molecular formula is C14H19N3O. The van der Waals surface area contributed by atoms with E-state index in [-0.39, 0.29) is 12.1 Å². The maximum Gasteiger partial charge on any atom is 0.123 e. The van der Waals surface area contributed by atoms with Crippen LogP contribution in [0, 0.1) is 0 Å². The normalized spacial score (nSPS) is 14.2. The van der Waals surface area contributed by atoms with Gasteiger partial charge in [0.2, 0.25) is 0 Å². The number of nitrogens with zero attached hydrogens (tertiary/aromatic N) is 1. The molecule has 0 radical (unpaired) electrons. The van der Waals surface area contributed by atoms with Crippen LogP contribution in [0.25, 0.3) is 0 Å². The van der Waals surface area contributed by atoms with Crippen molar-refractivity contribution in [1.82, 2.24) is 15.5 Å². The minimum absolute atomic E-state index is 0.208. The largest absolute Gasteiger partial charge is 0.496 e. The zero-order chi connectivity index (χ0) is 13.0. The Hall–Kier alpha value is -1.81. The molecule has 1 aromatic carbocycles. The molecule has 0 spiro atoms. The molecule has 0 bridgehead atoms. The number of methoxy groups -OCH3 is 1. The van der Waals surface area contributed by atoms with E-state index in [1.807, 2.05) is 24.3 Å². The molecule has 2 atom stereocenters. The van der Waals surface area contributed by atoms with Gasteiger partial charge in [0.15, 0.2) is 0 Å². The van der Waals surface area contributed by atoms with Gasteiger partial charge in [-0.2, -0.15) is 5.10 Å². The van der Waals surface area contributed by atoms with E-state index in [4.69, 9.17) is 4.74 Å². The lowest BCUT2D eigenvalue weighted by molar-refractivity contribution is 0.396. The van der Waals surface area contributed by atoms with Crippen LogP contribution in [-0.2, 0) is 0 Å².